The standard InChI is InChI=1S/C19H22FNO3/c1-23-18-8-7-15(20)11-16(18)19(13-21-9-10-24-19)17(12-22)14-5-3-2-4-6-14/h2-8,11,17,21-22H,9-10,12-13H2,1H3. The van der Waals surface area contributed by atoms with Gasteiger partial charge >= 0.3 is 0 Å². The summed E-state index contributed by atoms with van der Waals surface area (Å²) in [5.74, 6) is -0.152. The molecule has 2 unspecified atom stereocenters. The molecule has 1 heterocycles. The number of benzene rings is 2. The van der Waals surface area contributed by atoms with Crippen LogP contribution in [0.15, 0.2) is 48.5 Å². The summed E-state index contributed by atoms with van der Waals surface area (Å²) in [5.41, 5.74) is 0.650. The second-order valence-corrected chi connectivity index (χ2v) is 5.91. The quantitative estimate of drug-likeness (QED) is 0.883. The van der Waals surface area contributed by atoms with Gasteiger partial charge in [0.2, 0.25) is 0 Å². The van der Waals surface area contributed by atoms with Crippen molar-refractivity contribution in [3.05, 3.63) is 65.5 Å². The predicted molar refractivity (Wildman–Crippen MR) is 89.7 cm³/mol. The lowest BCUT2D eigenvalue weighted by atomic mass is 9.76. The average molecular weight is 331 g/mol. The van der Waals surface area contributed by atoms with Crippen molar-refractivity contribution in [2.75, 3.05) is 33.4 Å². The molecule has 1 aliphatic rings. The van der Waals surface area contributed by atoms with Crippen LogP contribution in [-0.4, -0.2) is 38.5 Å². The van der Waals surface area contributed by atoms with Crippen molar-refractivity contribution in [2.45, 2.75) is 11.5 Å². The molecule has 1 saturated heterocycles. The average Bonchev–Trinajstić information content (AvgIpc) is 2.64. The number of nitrogens with one attached hydrogen (secondary N) is 1. The molecule has 2 aromatic carbocycles. The predicted octanol–water partition coefficient (Wildman–Crippen LogP) is 2.43. The number of hydrogen-bond donors (Lipinski definition) is 2. The molecule has 0 amide bonds. The molecule has 0 radical (unpaired) electrons. The number of morpholine rings is 1. The molecule has 24 heavy (non-hydrogen) atoms. The van der Waals surface area contributed by atoms with Crippen LogP contribution in [0, 0.1) is 5.82 Å². The first kappa shape index (κ1) is 16.9. The minimum absolute atomic E-state index is 0.120. The van der Waals surface area contributed by atoms with Crippen LogP contribution >= 0.6 is 0 Å². The van der Waals surface area contributed by atoms with E-state index in [-0.39, 0.29) is 18.3 Å². The molecule has 2 aromatic rings. The van der Waals surface area contributed by atoms with Crippen LogP contribution in [0.4, 0.5) is 4.39 Å². The maximum atomic E-state index is 14.0. The van der Waals surface area contributed by atoms with Gasteiger partial charge in [-0.1, -0.05) is 30.3 Å². The van der Waals surface area contributed by atoms with Crippen LogP contribution in [0.1, 0.15) is 17.0 Å². The highest BCUT2D eigenvalue weighted by Gasteiger charge is 2.45. The Morgan fingerprint density at radius 2 is 2.08 bits per heavy atom. The molecule has 5 heteroatoms. The first-order chi connectivity index (χ1) is 11.7. The molecule has 2 N–H and O–H groups in total. The fourth-order valence-corrected chi connectivity index (χ4v) is 3.43. The van der Waals surface area contributed by atoms with E-state index in [1.54, 1.807) is 13.2 Å². The summed E-state index contributed by atoms with van der Waals surface area (Å²) >= 11 is 0. The Labute approximate surface area is 141 Å². The number of aliphatic hydroxyl groups is 1. The highest BCUT2D eigenvalue weighted by Crippen LogP contribution is 2.44. The third-order valence-electron chi connectivity index (χ3n) is 4.59. The van der Waals surface area contributed by atoms with Gasteiger partial charge in [0.25, 0.3) is 0 Å². The molecule has 1 aliphatic heterocycles. The fraction of sp³-hybridized carbons (Fsp3) is 0.368. The van der Waals surface area contributed by atoms with E-state index in [9.17, 15) is 9.50 Å². The molecule has 0 bridgehead atoms. The van der Waals surface area contributed by atoms with Gasteiger partial charge in [-0.15, -0.1) is 0 Å². The van der Waals surface area contributed by atoms with E-state index in [4.69, 9.17) is 9.47 Å². The number of rotatable bonds is 5. The number of aliphatic hydroxyl groups excluding tert-OH is 1. The molecule has 3 rings (SSSR count). The second kappa shape index (κ2) is 7.30. The molecule has 0 aromatic heterocycles. The van der Waals surface area contributed by atoms with Crippen molar-refractivity contribution in [2.24, 2.45) is 0 Å². The fourth-order valence-electron chi connectivity index (χ4n) is 3.43. The summed E-state index contributed by atoms with van der Waals surface area (Å²) in [7, 11) is 1.55. The Kier molecular flexibility index (Phi) is 5.14. The minimum Gasteiger partial charge on any atom is -0.496 e. The van der Waals surface area contributed by atoms with E-state index >= 15 is 0 Å². The first-order valence-corrected chi connectivity index (χ1v) is 8.06. The van der Waals surface area contributed by atoms with Crippen LogP contribution in [0.5, 0.6) is 5.75 Å². The van der Waals surface area contributed by atoms with Crippen molar-refractivity contribution >= 4 is 0 Å². The van der Waals surface area contributed by atoms with Crippen molar-refractivity contribution in [3.63, 3.8) is 0 Å². The Morgan fingerprint density at radius 1 is 1.29 bits per heavy atom. The van der Waals surface area contributed by atoms with Gasteiger partial charge < -0.3 is 19.9 Å². The largest absolute Gasteiger partial charge is 0.496 e. The Morgan fingerprint density at radius 3 is 2.71 bits per heavy atom. The van der Waals surface area contributed by atoms with Crippen LogP contribution in [0.25, 0.3) is 0 Å². The van der Waals surface area contributed by atoms with Crippen molar-refractivity contribution < 1.29 is 19.0 Å². The lowest BCUT2D eigenvalue weighted by molar-refractivity contribution is -0.100. The van der Waals surface area contributed by atoms with E-state index < -0.39 is 5.60 Å². The summed E-state index contributed by atoms with van der Waals surface area (Å²) in [5, 5.41) is 13.5. The summed E-state index contributed by atoms with van der Waals surface area (Å²) < 4.78 is 25.6. The Bertz CT molecular complexity index is 672. The van der Waals surface area contributed by atoms with Crippen LogP contribution in [0.2, 0.25) is 0 Å². The number of ether oxygens (including phenoxy) is 2. The molecule has 128 valence electrons. The third kappa shape index (κ3) is 3.02. The van der Waals surface area contributed by atoms with E-state index in [1.807, 2.05) is 30.3 Å². The zero-order chi connectivity index (χ0) is 17.0. The zero-order valence-electron chi connectivity index (χ0n) is 13.7. The number of methoxy groups -OCH3 is 1. The van der Waals surface area contributed by atoms with Gasteiger partial charge in [-0.2, -0.15) is 0 Å². The van der Waals surface area contributed by atoms with Gasteiger partial charge in [-0.05, 0) is 23.8 Å². The number of halogens is 1. The molecular weight excluding hydrogens is 309 g/mol. The van der Waals surface area contributed by atoms with E-state index in [2.05, 4.69) is 5.32 Å². The van der Waals surface area contributed by atoms with E-state index in [0.29, 0.717) is 31.0 Å². The second-order valence-electron chi connectivity index (χ2n) is 5.91. The topological polar surface area (TPSA) is 50.7 Å². The summed E-state index contributed by atoms with van der Waals surface area (Å²) in [6, 6.07) is 14.1. The monoisotopic (exact) mass is 331 g/mol. The summed E-state index contributed by atoms with van der Waals surface area (Å²) in [4.78, 5) is 0. The maximum Gasteiger partial charge on any atom is 0.125 e. The van der Waals surface area contributed by atoms with Crippen LogP contribution in [-0.2, 0) is 10.3 Å². The first-order valence-electron chi connectivity index (χ1n) is 8.06. The zero-order valence-corrected chi connectivity index (χ0v) is 13.7. The highest BCUT2D eigenvalue weighted by atomic mass is 19.1. The van der Waals surface area contributed by atoms with Gasteiger partial charge in [0.1, 0.15) is 17.2 Å². The lowest BCUT2D eigenvalue weighted by Gasteiger charge is -2.44. The van der Waals surface area contributed by atoms with Crippen molar-refractivity contribution in [1.82, 2.24) is 5.32 Å². The van der Waals surface area contributed by atoms with Gasteiger partial charge in [0.15, 0.2) is 0 Å². The summed E-state index contributed by atoms with van der Waals surface area (Å²) in [6.45, 7) is 1.54. The normalized spacial score (nSPS) is 22.1. The number of hydrogen-bond acceptors (Lipinski definition) is 4. The highest BCUT2D eigenvalue weighted by molar-refractivity contribution is 5.43. The molecule has 4 nitrogen and oxygen atoms in total. The summed E-state index contributed by atoms with van der Waals surface area (Å²) in [6.07, 6.45) is 0. The van der Waals surface area contributed by atoms with Gasteiger partial charge in [-0.25, -0.2) is 4.39 Å². The molecule has 1 fully saturated rings. The maximum absolute atomic E-state index is 14.0. The van der Waals surface area contributed by atoms with Gasteiger partial charge in [0.05, 0.1) is 20.3 Å². The Balaban J connectivity index is 2.16. The molecule has 0 spiro atoms. The lowest BCUT2D eigenvalue weighted by Crippen LogP contribution is -2.52. The van der Waals surface area contributed by atoms with Crippen LogP contribution < -0.4 is 10.1 Å². The van der Waals surface area contributed by atoms with Crippen molar-refractivity contribution in [3.8, 4) is 5.75 Å². The van der Waals surface area contributed by atoms with E-state index in [1.165, 1.54) is 12.1 Å². The SMILES string of the molecule is COc1ccc(F)cc1C1(C(CO)c2ccccc2)CNCCO1. The van der Waals surface area contributed by atoms with Crippen molar-refractivity contribution in [1.29, 1.82) is 0 Å². The Hall–Kier alpha value is -1.95. The van der Waals surface area contributed by atoms with Gasteiger partial charge in [-0.3, -0.25) is 0 Å². The molecular formula is C19H22FNO3. The molecule has 2 atom stereocenters. The van der Waals surface area contributed by atoms with E-state index in [0.717, 1.165) is 5.56 Å². The molecule has 0 saturated carbocycles. The minimum atomic E-state index is -0.901. The third-order valence-corrected chi connectivity index (χ3v) is 4.59. The smallest absolute Gasteiger partial charge is 0.125 e. The van der Waals surface area contributed by atoms with Crippen LogP contribution in [0.3, 0.4) is 0 Å². The van der Waals surface area contributed by atoms with Gasteiger partial charge in [0, 0.05) is 24.6 Å². The molecule has 0 aliphatic carbocycles.